The Labute approximate surface area is 162 Å². The van der Waals surface area contributed by atoms with Crippen molar-refractivity contribution in [2.24, 2.45) is 0 Å². The SMILES string of the molecule is CCc1ccccc1N(CC(=O)NCc1ccc(F)cc1)C(=O)c1ccco1. The number of para-hydroxylation sites is 1. The molecule has 0 spiro atoms. The number of anilines is 1. The van der Waals surface area contributed by atoms with E-state index in [1.165, 1.54) is 23.3 Å². The van der Waals surface area contributed by atoms with Crippen molar-refractivity contribution in [3.63, 3.8) is 0 Å². The molecule has 5 nitrogen and oxygen atoms in total. The molecule has 1 N–H and O–H groups in total. The lowest BCUT2D eigenvalue weighted by Crippen LogP contribution is -2.41. The highest BCUT2D eigenvalue weighted by Gasteiger charge is 2.24. The van der Waals surface area contributed by atoms with Crippen molar-refractivity contribution in [1.82, 2.24) is 5.32 Å². The molecular formula is C22H21FN2O3. The molecule has 6 heteroatoms. The number of benzene rings is 2. The van der Waals surface area contributed by atoms with Crippen molar-refractivity contribution in [1.29, 1.82) is 0 Å². The molecule has 0 aliphatic rings. The molecule has 28 heavy (non-hydrogen) atoms. The summed E-state index contributed by atoms with van der Waals surface area (Å²) in [4.78, 5) is 26.9. The Morgan fingerprint density at radius 2 is 1.79 bits per heavy atom. The quantitative estimate of drug-likeness (QED) is 0.675. The molecule has 0 aliphatic heterocycles. The topological polar surface area (TPSA) is 62.6 Å². The molecule has 0 radical (unpaired) electrons. The number of hydrogen-bond acceptors (Lipinski definition) is 3. The van der Waals surface area contributed by atoms with E-state index in [-0.39, 0.29) is 36.5 Å². The second kappa shape index (κ2) is 8.99. The zero-order chi connectivity index (χ0) is 19.9. The van der Waals surface area contributed by atoms with Crippen molar-refractivity contribution in [2.75, 3.05) is 11.4 Å². The molecule has 1 heterocycles. The molecule has 0 fully saturated rings. The van der Waals surface area contributed by atoms with E-state index >= 15 is 0 Å². The van der Waals surface area contributed by atoms with Gasteiger partial charge >= 0.3 is 0 Å². The summed E-state index contributed by atoms with van der Waals surface area (Å²) in [6.45, 7) is 2.08. The smallest absolute Gasteiger partial charge is 0.294 e. The number of nitrogens with zero attached hydrogens (tertiary/aromatic N) is 1. The first-order valence-electron chi connectivity index (χ1n) is 9.03. The van der Waals surface area contributed by atoms with E-state index in [4.69, 9.17) is 4.42 Å². The third kappa shape index (κ3) is 4.65. The van der Waals surface area contributed by atoms with Crippen molar-refractivity contribution >= 4 is 17.5 Å². The maximum atomic E-state index is 13.0. The second-order valence-electron chi connectivity index (χ2n) is 6.25. The van der Waals surface area contributed by atoms with Crippen LogP contribution in [0.25, 0.3) is 0 Å². The standard InChI is InChI=1S/C22H21FN2O3/c1-2-17-6-3-4-7-19(17)25(22(27)20-8-5-13-28-20)15-21(26)24-14-16-9-11-18(23)12-10-16/h3-13H,2,14-15H2,1H3,(H,24,26). The van der Waals surface area contributed by atoms with Crippen LogP contribution in [0.15, 0.2) is 71.3 Å². The lowest BCUT2D eigenvalue weighted by Gasteiger charge is -2.24. The van der Waals surface area contributed by atoms with Gasteiger partial charge in [0, 0.05) is 12.2 Å². The molecule has 0 unspecified atom stereocenters. The second-order valence-corrected chi connectivity index (χ2v) is 6.25. The van der Waals surface area contributed by atoms with Gasteiger partial charge in [-0.3, -0.25) is 14.5 Å². The van der Waals surface area contributed by atoms with E-state index in [2.05, 4.69) is 5.32 Å². The van der Waals surface area contributed by atoms with Crippen LogP contribution in [0.5, 0.6) is 0 Å². The van der Waals surface area contributed by atoms with Crippen LogP contribution in [-0.2, 0) is 17.8 Å². The van der Waals surface area contributed by atoms with Gasteiger partial charge in [0.25, 0.3) is 5.91 Å². The molecule has 0 aliphatic carbocycles. The van der Waals surface area contributed by atoms with Gasteiger partial charge in [0.05, 0.1) is 6.26 Å². The molecule has 0 saturated carbocycles. The van der Waals surface area contributed by atoms with Gasteiger partial charge in [0.15, 0.2) is 5.76 Å². The maximum absolute atomic E-state index is 13.0. The van der Waals surface area contributed by atoms with Crippen LogP contribution in [0.1, 0.15) is 28.6 Å². The summed E-state index contributed by atoms with van der Waals surface area (Å²) >= 11 is 0. The molecule has 0 atom stereocenters. The average molecular weight is 380 g/mol. The summed E-state index contributed by atoms with van der Waals surface area (Å²) in [6.07, 6.45) is 2.14. The maximum Gasteiger partial charge on any atom is 0.294 e. The predicted octanol–water partition coefficient (Wildman–Crippen LogP) is 3.94. The molecule has 0 saturated heterocycles. The predicted molar refractivity (Wildman–Crippen MR) is 104 cm³/mol. The lowest BCUT2D eigenvalue weighted by molar-refractivity contribution is -0.119. The van der Waals surface area contributed by atoms with Crippen LogP contribution in [0.2, 0.25) is 0 Å². The fourth-order valence-corrected chi connectivity index (χ4v) is 2.88. The number of carbonyl (C=O) groups excluding carboxylic acids is 2. The van der Waals surface area contributed by atoms with Gasteiger partial charge in [0.1, 0.15) is 12.4 Å². The minimum absolute atomic E-state index is 0.155. The molecule has 0 bridgehead atoms. The summed E-state index contributed by atoms with van der Waals surface area (Å²) in [6, 6.07) is 16.5. The number of halogens is 1. The lowest BCUT2D eigenvalue weighted by atomic mass is 10.1. The Morgan fingerprint density at radius 3 is 2.46 bits per heavy atom. The highest BCUT2D eigenvalue weighted by molar-refractivity contribution is 6.07. The molecule has 3 rings (SSSR count). The summed E-state index contributed by atoms with van der Waals surface area (Å²) < 4.78 is 18.2. The normalized spacial score (nSPS) is 10.5. The molecule has 2 amide bonds. The Balaban J connectivity index is 1.77. The van der Waals surface area contributed by atoms with E-state index < -0.39 is 0 Å². The van der Waals surface area contributed by atoms with Crippen molar-refractivity contribution in [3.8, 4) is 0 Å². The Morgan fingerprint density at radius 1 is 1.04 bits per heavy atom. The average Bonchev–Trinajstić information content (AvgIpc) is 3.26. The number of rotatable bonds is 7. The van der Waals surface area contributed by atoms with Gasteiger partial charge in [-0.05, 0) is 47.9 Å². The summed E-state index contributed by atoms with van der Waals surface area (Å²) in [7, 11) is 0. The summed E-state index contributed by atoms with van der Waals surface area (Å²) in [5.41, 5.74) is 2.39. The first-order valence-corrected chi connectivity index (χ1v) is 9.03. The zero-order valence-corrected chi connectivity index (χ0v) is 15.5. The molecule has 144 valence electrons. The number of amides is 2. The first-order chi connectivity index (χ1) is 13.6. The van der Waals surface area contributed by atoms with Crippen LogP contribution >= 0.6 is 0 Å². The van der Waals surface area contributed by atoms with Crippen LogP contribution in [-0.4, -0.2) is 18.4 Å². The summed E-state index contributed by atoms with van der Waals surface area (Å²) in [5.74, 6) is -0.878. The molecular weight excluding hydrogens is 359 g/mol. The fourth-order valence-electron chi connectivity index (χ4n) is 2.88. The molecule has 2 aromatic carbocycles. The number of carbonyl (C=O) groups is 2. The van der Waals surface area contributed by atoms with Crippen LogP contribution < -0.4 is 10.2 Å². The van der Waals surface area contributed by atoms with Gasteiger partial charge in [-0.25, -0.2) is 4.39 Å². The Kier molecular flexibility index (Phi) is 6.22. The van der Waals surface area contributed by atoms with Crippen molar-refractivity contribution in [3.05, 3.63) is 89.6 Å². The van der Waals surface area contributed by atoms with Gasteiger partial charge < -0.3 is 9.73 Å². The van der Waals surface area contributed by atoms with E-state index in [1.54, 1.807) is 24.3 Å². The zero-order valence-electron chi connectivity index (χ0n) is 15.5. The molecule has 1 aromatic heterocycles. The van der Waals surface area contributed by atoms with Crippen LogP contribution in [0.4, 0.5) is 10.1 Å². The Bertz CT molecular complexity index is 937. The fraction of sp³-hybridized carbons (Fsp3) is 0.182. The highest BCUT2D eigenvalue weighted by atomic mass is 19.1. The monoisotopic (exact) mass is 380 g/mol. The van der Waals surface area contributed by atoms with Gasteiger partial charge in [-0.1, -0.05) is 37.3 Å². The van der Waals surface area contributed by atoms with Crippen molar-refractivity contribution in [2.45, 2.75) is 19.9 Å². The van der Waals surface area contributed by atoms with Crippen molar-refractivity contribution < 1.29 is 18.4 Å². The third-order valence-electron chi connectivity index (χ3n) is 4.35. The van der Waals surface area contributed by atoms with Gasteiger partial charge in [-0.15, -0.1) is 0 Å². The van der Waals surface area contributed by atoms with E-state index in [0.717, 1.165) is 17.5 Å². The number of aryl methyl sites for hydroxylation is 1. The summed E-state index contributed by atoms with van der Waals surface area (Å²) in [5, 5.41) is 2.77. The van der Waals surface area contributed by atoms with Crippen LogP contribution in [0, 0.1) is 5.82 Å². The number of nitrogens with one attached hydrogen (secondary N) is 1. The van der Waals surface area contributed by atoms with Gasteiger partial charge in [0.2, 0.25) is 5.91 Å². The third-order valence-corrected chi connectivity index (χ3v) is 4.35. The number of furan rings is 1. The number of hydrogen-bond donors (Lipinski definition) is 1. The minimum Gasteiger partial charge on any atom is -0.459 e. The molecule has 3 aromatic rings. The Hall–Kier alpha value is -3.41. The van der Waals surface area contributed by atoms with E-state index in [0.29, 0.717) is 5.69 Å². The highest BCUT2D eigenvalue weighted by Crippen LogP contribution is 2.23. The largest absolute Gasteiger partial charge is 0.459 e. The van der Waals surface area contributed by atoms with E-state index in [9.17, 15) is 14.0 Å². The van der Waals surface area contributed by atoms with Crippen LogP contribution in [0.3, 0.4) is 0 Å². The first kappa shape index (κ1) is 19.4. The van der Waals surface area contributed by atoms with E-state index in [1.807, 2.05) is 31.2 Å². The minimum atomic E-state index is -0.386. The van der Waals surface area contributed by atoms with Gasteiger partial charge in [-0.2, -0.15) is 0 Å².